The Balaban J connectivity index is 2.15. The molecule has 0 unspecified atom stereocenters. The van der Waals surface area contributed by atoms with Gasteiger partial charge in [0.25, 0.3) is 0 Å². The lowest BCUT2D eigenvalue weighted by molar-refractivity contribution is 0.103. The fraction of sp³-hybridized carbons (Fsp3) is 0.188. The van der Waals surface area contributed by atoms with E-state index in [9.17, 15) is 4.79 Å². The van der Waals surface area contributed by atoms with Gasteiger partial charge in [0.1, 0.15) is 0 Å². The molecule has 2 aromatic heterocycles. The lowest BCUT2D eigenvalue weighted by Crippen LogP contribution is -2.06. The van der Waals surface area contributed by atoms with Crippen LogP contribution < -0.4 is 0 Å². The van der Waals surface area contributed by atoms with Crippen LogP contribution in [0.15, 0.2) is 36.7 Å². The van der Waals surface area contributed by atoms with Crippen molar-refractivity contribution in [2.45, 2.75) is 20.4 Å². The highest BCUT2D eigenvalue weighted by Crippen LogP contribution is 2.27. The molecule has 0 aliphatic rings. The van der Waals surface area contributed by atoms with Crippen molar-refractivity contribution in [1.82, 2.24) is 14.8 Å². The first kappa shape index (κ1) is 13.8. The number of benzene rings is 1. The van der Waals surface area contributed by atoms with Gasteiger partial charge in [0.05, 0.1) is 22.2 Å². The molecule has 5 heteroatoms. The van der Waals surface area contributed by atoms with Gasteiger partial charge in [-0.25, -0.2) is 9.67 Å². The highest BCUT2D eigenvalue weighted by atomic mass is 35.5. The number of ketones is 1. The molecule has 4 nitrogen and oxygen atoms in total. The molecule has 0 atom stereocenters. The Bertz CT molecular complexity index is 839. The smallest absolute Gasteiger partial charge is 0.196 e. The predicted octanol–water partition coefficient (Wildman–Crippen LogP) is 3.64. The summed E-state index contributed by atoms with van der Waals surface area (Å²) in [6.45, 7) is 4.59. The molecule has 0 saturated carbocycles. The van der Waals surface area contributed by atoms with Crippen LogP contribution in [0.3, 0.4) is 0 Å². The van der Waals surface area contributed by atoms with Crippen molar-refractivity contribution in [3.05, 3.63) is 58.4 Å². The molecule has 0 fully saturated rings. The minimum Gasteiger partial charge on any atom is -0.288 e. The van der Waals surface area contributed by atoms with Crippen molar-refractivity contribution < 1.29 is 4.79 Å². The largest absolute Gasteiger partial charge is 0.288 e. The van der Waals surface area contributed by atoms with E-state index < -0.39 is 0 Å². The van der Waals surface area contributed by atoms with Crippen LogP contribution in [0.2, 0.25) is 5.02 Å². The quantitative estimate of drug-likeness (QED) is 0.694. The van der Waals surface area contributed by atoms with Gasteiger partial charge in [-0.3, -0.25) is 4.79 Å². The Morgan fingerprint density at radius 2 is 2.00 bits per heavy atom. The van der Waals surface area contributed by atoms with Crippen molar-refractivity contribution >= 4 is 28.4 Å². The van der Waals surface area contributed by atoms with E-state index in [0.29, 0.717) is 33.7 Å². The summed E-state index contributed by atoms with van der Waals surface area (Å²) in [5, 5.41) is 5.34. The number of nitrogens with zero attached hydrogens (tertiary/aromatic N) is 3. The third-order valence-corrected chi connectivity index (χ3v) is 3.94. The zero-order chi connectivity index (χ0) is 15.0. The van der Waals surface area contributed by atoms with Crippen LogP contribution in [0.5, 0.6) is 0 Å². The summed E-state index contributed by atoms with van der Waals surface area (Å²) in [4.78, 5) is 17.0. The van der Waals surface area contributed by atoms with Gasteiger partial charge in [-0.05, 0) is 19.4 Å². The molecule has 0 amide bonds. The number of aromatic nitrogens is 3. The van der Waals surface area contributed by atoms with Gasteiger partial charge in [0.2, 0.25) is 0 Å². The highest BCUT2D eigenvalue weighted by Gasteiger charge is 2.18. The average molecular weight is 300 g/mol. The standard InChI is InChI=1S/C16H14ClN3O/c1-3-20-16-13(9-19-20)14(17)12(8-18-16)15(21)11-7-5-4-6-10(11)2/h4-9H,3H2,1-2H3. The third kappa shape index (κ3) is 2.21. The molecule has 0 N–H and O–H groups in total. The van der Waals surface area contributed by atoms with Crippen LogP contribution in [0.1, 0.15) is 28.4 Å². The second-order valence-corrected chi connectivity index (χ2v) is 5.21. The molecule has 0 aliphatic carbocycles. The van der Waals surface area contributed by atoms with Crippen LogP contribution in [0, 0.1) is 6.92 Å². The summed E-state index contributed by atoms with van der Waals surface area (Å²) < 4.78 is 1.75. The van der Waals surface area contributed by atoms with Crippen molar-refractivity contribution in [3.63, 3.8) is 0 Å². The van der Waals surface area contributed by atoms with E-state index in [1.54, 1.807) is 16.9 Å². The molecule has 0 spiro atoms. The van der Waals surface area contributed by atoms with Crippen LogP contribution in [-0.2, 0) is 6.54 Å². The molecule has 0 aliphatic heterocycles. The summed E-state index contributed by atoms with van der Waals surface area (Å²) in [5.74, 6) is -0.114. The van der Waals surface area contributed by atoms with Gasteiger partial charge < -0.3 is 0 Å². The number of pyridine rings is 1. The first-order valence-electron chi connectivity index (χ1n) is 6.73. The van der Waals surface area contributed by atoms with Crippen molar-refractivity contribution in [2.24, 2.45) is 0 Å². The second-order valence-electron chi connectivity index (χ2n) is 4.83. The number of halogens is 1. The lowest BCUT2D eigenvalue weighted by Gasteiger charge is -2.07. The van der Waals surface area contributed by atoms with Gasteiger partial charge in [-0.15, -0.1) is 0 Å². The van der Waals surface area contributed by atoms with Gasteiger partial charge in [0, 0.05) is 18.3 Å². The van der Waals surface area contributed by atoms with Gasteiger partial charge in [-0.2, -0.15) is 5.10 Å². The average Bonchev–Trinajstić information content (AvgIpc) is 2.91. The molecule has 2 heterocycles. The Labute approximate surface area is 127 Å². The van der Waals surface area contributed by atoms with E-state index in [2.05, 4.69) is 10.1 Å². The van der Waals surface area contributed by atoms with E-state index in [1.807, 2.05) is 32.0 Å². The van der Waals surface area contributed by atoms with E-state index in [4.69, 9.17) is 11.6 Å². The van der Waals surface area contributed by atoms with E-state index >= 15 is 0 Å². The monoisotopic (exact) mass is 299 g/mol. The normalized spacial score (nSPS) is 11.0. The summed E-state index contributed by atoms with van der Waals surface area (Å²) in [5.41, 5.74) is 2.67. The first-order chi connectivity index (χ1) is 10.1. The summed E-state index contributed by atoms with van der Waals surface area (Å²) in [7, 11) is 0. The molecule has 1 aromatic carbocycles. The molecular weight excluding hydrogens is 286 g/mol. The minimum atomic E-state index is -0.114. The van der Waals surface area contributed by atoms with Gasteiger partial charge in [-0.1, -0.05) is 35.9 Å². The number of hydrogen-bond donors (Lipinski definition) is 0. The highest BCUT2D eigenvalue weighted by molar-refractivity contribution is 6.39. The third-order valence-electron chi connectivity index (χ3n) is 3.53. The molecule has 0 bridgehead atoms. The summed E-state index contributed by atoms with van der Waals surface area (Å²) in [6, 6.07) is 7.45. The summed E-state index contributed by atoms with van der Waals surface area (Å²) in [6.07, 6.45) is 3.19. The van der Waals surface area contributed by atoms with E-state index in [0.717, 1.165) is 5.56 Å². The van der Waals surface area contributed by atoms with Crippen LogP contribution in [-0.4, -0.2) is 20.5 Å². The van der Waals surface area contributed by atoms with Crippen molar-refractivity contribution in [3.8, 4) is 0 Å². The number of carbonyl (C=O) groups is 1. The topological polar surface area (TPSA) is 47.8 Å². The molecule has 106 valence electrons. The van der Waals surface area contributed by atoms with Crippen LogP contribution in [0.25, 0.3) is 11.0 Å². The molecule has 0 radical (unpaired) electrons. The maximum Gasteiger partial charge on any atom is 0.196 e. The Morgan fingerprint density at radius 1 is 1.24 bits per heavy atom. The zero-order valence-electron chi connectivity index (χ0n) is 11.8. The number of rotatable bonds is 3. The Kier molecular flexibility index (Phi) is 3.47. The maximum atomic E-state index is 12.7. The fourth-order valence-electron chi connectivity index (χ4n) is 2.36. The number of aryl methyl sites for hydroxylation is 2. The van der Waals surface area contributed by atoms with Crippen LogP contribution >= 0.6 is 11.6 Å². The van der Waals surface area contributed by atoms with E-state index in [-0.39, 0.29) is 5.78 Å². The van der Waals surface area contributed by atoms with Gasteiger partial charge >= 0.3 is 0 Å². The van der Waals surface area contributed by atoms with Crippen LogP contribution in [0.4, 0.5) is 0 Å². The number of fused-ring (bicyclic) bond motifs is 1. The van der Waals surface area contributed by atoms with E-state index in [1.165, 1.54) is 6.20 Å². The van der Waals surface area contributed by atoms with Crippen molar-refractivity contribution in [2.75, 3.05) is 0 Å². The fourth-order valence-corrected chi connectivity index (χ4v) is 2.63. The molecule has 0 saturated heterocycles. The maximum absolute atomic E-state index is 12.7. The number of hydrogen-bond acceptors (Lipinski definition) is 3. The zero-order valence-corrected chi connectivity index (χ0v) is 12.6. The molecule has 3 rings (SSSR count). The number of carbonyl (C=O) groups excluding carboxylic acids is 1. The molecule has 3 aromatic rings. The Hall–Kier alpha value is -2.20. The minimum absolute atomic E-state index is 0.114. The first-order valence-corrected chi connectivity index (χ1v) is 7.11. The Morgan fingerprint density at radius 3 is 2.71 bits per heavy atom. The molecule has 21 heavy (non-hydrogen) atoms. The molecular formula is C16H14ClN3O. The summed E-state index contributed by atoms with van der Waals surface area (Å²) >= 11 is 6.39. The lowest BCUT2D eigenvalue weighted by atomic mass is 10.00. The van der Waals surface area contributed by atoms with Gasteiger partial charge in [0.15, 0.2) is 11.4 Å². The van der Waals surface area contributed by atoms with Crippen molar-refractivity contribution in [1.29, 1.82) is 0 Å². The second kappa shape index (κ2) is 5.30. The predicted molar refractivity (Wildman–Crippen MR) is 82.8 cm³/mol. The SMILES string of the molecule is CCn1ncc2c(Cl)c(C(=O)c3ccccc3C)cnc21.